The van der Waals surface area contributed by atoms with Gasteiger partial charge in [0.2, 0.25) is 17.5 Å². The second-order valence-corrected chi connectivity index (χ2v) is 17.6. The predicted octanol–water partition coefficient (Wildman–Crippen LogP) is 5.60. The first-order chi connectivity index (χ1) is 28.5. The Labute approximate surface area is 349 Å². The summed E-state index contributed by atoms with van der Waals surface area (Å²) in [7, 11) is 0. The number of piperidine rings is 3. The largest absolute Gasteiger partial charge is 0.371 e. The van der Waals surface area contributed by atoms with Crippen LogP contribution in [0, 0.1) is 12.0 Å². The maximum absolute atomic E-state index is 13.6. The minimum Gasteiger partial charge on any atom is -0.371 e. The standard InChI is InChI=1S/C45H49ClN8O5/c1-29-27-45(28-53(29)34-8-10-38(47-2)37(46)26-34)15-19-50(20-16-45)31-5-3-30(4-6-31)42(57)52-23-21-51(22-24-52)32-13-17-49(18-14-32)33-7-9-35-36(25-33)44(59)54(43(35)58)39-11-12-40(55)48-41(39)56/h3-10,25-26,29,32,39H,11-24,27-28H2,1H3,(H,48,55,56). The number of benzene rings is 3. The van der Waals surface area contributed by atoms with E-state index in [4.69, 9.17) is 18.2 Å². The van der Waals surface area contributed by atoms with Crippen molar-refractivity contribution in [1.82, 2.24) is 20.0 Å². The molecule has 6 heterocycles. The summed E-state index contributed by atoms with van der Waals surface area (Å²) in [5.41, 5.74) is 5.19. The molecule has 5 amide bonds. The quantitative estimate of drug-likeness (QED) is 0.250. The third kappa shape index (κ3) is 7.31. The predicted molar refractivity (Wildman–Crippen MR) is 225 cm³/mol. The lowest BCUT2D eigenvalue weighted by molar-refractivity contribution is -0.136. The molecule has 9 rings (SSSR count). The monoisotopic (exact) mass is 816 g/mol. The number of amides is 5. The Balaban J connectivity index is 0.736. The molecule has 5 fully saturated rings. The van der Waals surface area contributed by atoms with Crippen LogP contribution in [-0.4, -0.2) is 121 Å². The maximum Gasteiger partial charge on any atom is 0.262 e. The number of carbonyl (C=O) groups is 5. The summed E-state index contributed by atoms with van der Waals surface area (Å²) in [4.78, 5) is 80.4. The Hall–Kier alpha value is -5.45. The minimum absolute atomic E-state index is 0.0778. The molecule has 6 aliphatic heterocycles. The zero-order chi connectivity index (χ0) is 41.0. The van der Waals surface area contributed by atoms with Gasteiger partial charge in [-0.15, -0.1) is 0 Å². The molecule has 2 atom stereocenters. The highest BCUT2D eigenvalue weighted by molar-refractivity contribution is 6.33. The molecule has 1 N–H and O–H groups in total. The van der Waals surface area contributed by atoms with Gasteiger partial charge in [0.15, 0.2) is 0 Å². The number of imide groups is 2. The fraction of sp³-hybridized carbons (Fsp3) is 0.467. The molecule has 5 saturated heterocycles. The van der Waals surface area contributed by atoms with Gasteiger partial charge in [0, 0.05) is 105 Å². The van der Waals surface area contributed by atoms with E-state index in [1.807, 2.05) is 41.3 Å². The van der Waals surface area contributed by atoms with Crippen molar-refractivity contribution in [3.63, 3.8) is 0 Å². The molecule has 306 valence electrons. The molecule has 3 aromatic rings. The minimum atomic E-state index is -0.978. The third-order valence-electron chi connectivity index (χ3n) is 13.8. The van der Waals surface area contributed by atoms with Crippen molar-refractivity contribution in [3.05, 3.63) is 93.8 Å². The van der Waals surface area contributed by atoms with Crippen LogP contribution in [0.4, 0.5) is 22.7 Å². The molecule has 0 aromatic heterocycles. The Morgan fingerprint density at radius 2 is 1.44 bits per heavy atom. The molecule has 13 nitrogen and oxygen atoms in total. The van der Waals surface area contributed by atoms with Gasteiger partial charge in [0.1, 0.15) is 6.04 Å². The Kier molecular flexibility index (Phi) is 10.3. The van der Waals surface area contributed by atoms with Crippen LogP contribution in [0.3, 0.4) is 0 Å². The van der Waals surface area contributed by atoms with Crippen molar-refractivity contribution >= 4 is 63.9 Å². The fourth-order valence-corrected chi connectivity index (χ4v) is 10.7. The lowest BCUT2D eigenvalue weighted by Gasteiger charge is -2.43. The van der Waals surface area contributed by atoms with Crippen LogP contribution in [0.25, 0.3) is 4.85 Å². The van der Waals surface area contributed by atoms with Crippen molar-refractivity contribution in [2.75, 3.05) is 73.6 Å². The molecule has 0 aliphatic carbocycles. The van der Waals surface area contributed by atoms with E-state index in [1.54, 1.807) is 12.1 Å². The number of fused-ring (bicyclic) bond motifs is 1. The molecular weight excluding hydrogens is 768 g/mol. The van der Waals surface area contributed by atoms with Gasteiger partial charge in [-0.05, 0) is 105 Å². The first-order valence-electron chi connectivity index (χ1n) is 20.9. The number of piperazine rings is 1. The van der Waals surface area contributed by atoms with Gasteiger partial charge in [-0.3, -0.25) is 39.1 Å². The number of halogens is 1. The molecule has 59 heavy (non-hydrogen) atoms. The van der Waals surface area contributed by atoms with Crippen molar-refractivity contribution in [3.8, 4) is 0 Å². The molecule has 2 unspecified atom stereocenters. The number of nitrogens with zero attached hydrogens (tertiary/aromatic N) is 7. The zero-order valence-electron chi connectivity index (χ0n) is 33.4. The second kappa shape index (κ2) is 15.6. The topological polar surface area (TPSA) is 121 Å². The van der Waals surface area contributed by atoms with Crippen LogP contribution in [0.2, 0.25) is 5.02 Å². The summed E-state index contributed by atoms with van der Waals surface area (Å²) in [6, 6.07) is 19.1. The van der Waals surface area contributed by atoms with Gasteiger partial charge in [-0.2, -0.15) is 0 Å². The average Bonchev–Trinajstić information content (AvgIpc) is 3.71. The number of rotatable bonds is 6. The van der Waals surface area contributed by atoms with E-state index in [2.05, 4.69) is 48.8 Å². The first kappa shape index (κ1) is 39.0. The first-order valence-corrected chi connectivity index (χ1v) is 21.3. The van der Waals surface area contributed by atoms with Gasteiger partial charge in [-0.25, -0.2) is 4.85 Å². The summed E-state index contributed by atoms with van der Waals surface area (Å²) >= 11 is 6.39. The van der Waals surface area contributed by atoms with Crippen LogP contribution >= 0.6 is 11.6 Å². The van der Waals surface area contributed by atoms with Gasteiger partial charge in [0.25, 0.3) is 17.7 Å². The van der Waals surface area contributed by atoms with Gasteiger partial charge < -0.3 is 19.6 Å². The third-order valence-corrected chi connectivity index (χ3v) is 14.1. The van der Waals surface area contributed by atoms with Crippen molar-refractivity contribution in [1.29, 1.82) is 0 Å². The summed E-state index contributed by atoms with van der Waals surface area (Å²) < 4.78 is 0. The van der Waals surface area contributed by atoms with E-state index in [1.165, 1.54) is 0 Å². The lowest BCUT2D eigenvalue weighted by atomic mass is 9.76. The molecule has 3 aromatic carbocycles. The van der Waals surface area contributed by atoms with E-state index in [9.17, 15) is 24.0 Å². The summed E-state index contributed by atoms with van der Waals surface area (Å²) in [6.07, 6.45) is 5.47. The highest BCUT2D eigenvalue weighted by atomic mass is 35.5. The molecule has 0 radical (unpaired) electrons. The van der Waals surface area contributed by atoms with E-state index < -0.39 is 29.7 Å². The smallest absolute Gasteiger partial charge is 0.262 e. The summed E-state index contributed by atoms with van der Waals surface area (Å²) in [6.45, 7) is 17.2. The van der Waals surface area contributed by atoms with Crippen molar-refractivity contribution < 1.29 is 24.0 Å². The maximum atomic E-state index is 13.6. The van der Waals surface area contributed by atoms with Gasteiger partial charge in [-0.1, -0.05) is 17.7 Å². The Bertz CT molecular complexity index is 2230. The highest BCUT2D eigenvalue weighted by Crippen LogP contribution is 2.46. The van der Waals surface area contributed by atoms with Crippen LogP contribution in [0.15, 0.2) is 60.7 Å². The zero-order valence-corrected chi connectivity index (χ0v) is 34.1. The lowest BCUT2D eigenvalue weighted by Crippen LogP contribution is -2.54. The van der Waals surface area contributed by atoms with E-state index in [0.29, 0.717) is 41.4 Å². The van der Waals surface area contributed by atoms with Crippen LogP contribution < -0.4 is 20.0 Å². The van der Waals surface area contributed by atoms with Gasteiger partial charge >= 0.3 is 0 Å². The average molecular weight is 817 g/mol. The summed E-state index contributed by atoms with van der Waals surface area (Å²) in [5.74, 6) is -1.91. The number of nitrogens with one attached hydrogen (secondary N) is 1. The molecule has 0 bridgehead atoms. The summed E-state index contributed by atoms with van der Waals surface area (Å²) in [5, 5.41) is 2.76. The van der Waals surface area contributed by atoms with Crippen LogP contribution in [0.1, 0.15) is 82.9 Å². The molecule has 0 saturated carbocycles. The molecule has 1 spiro atoms. The van der Waals surface area contributed by atoms with E-state index in [-0.39, 0.29) is 29.7 Å². The number of carbonyl (C=O) groups excluding carboxylic acids is 5. The number of hydrogen-bond donors (Lipinski definition) is 1. The highest BCUT2D eigenvalue weighted by Gasteiger charge is 2.46. The Morgan fingerprint density at radius 1 is 0.780 bits per heavy atom. The Morgan fingerprint density at radius 3 is 2.12 bits per heavy atom. The normalized spacial score (nSPS) is 23.8. The van der Waals surface area contributed by atoms with Crippen molar-refractivity contribution in [2.24, 2.45) is 5.41 Å². The van der Waals surface area contributed by atoms with E-state index in [0.717, 1.165) is 105 Å². The number of hydrogen-bond acceptors (Lipinski definition) is 9. The van der Waals surface area contributed by atoms with Gasteiger partial charge in [0.05, 0.1) is 17.7 Å². The van der Waals surface area contributed by atoms with Crippen molar-refractivity contribution in [2.45, 2.75) is 70.0 Å². The molecule has 6 aliphatic rings. The SMILES string of the molecule is [C-]#[N+]c1ccc(N2CC3(CCN(c4ccc(C(=O)N5CCN(C6CCN(c7ccc8c(c7)C(=O)N(C7CCC(=O)NC7=O)C8=O)CC6)CC5)cc4)CC3)CC2C)cc1Cl. The van der Waals surface area contributed by atoms with Crippen LogP contribution in [0.5, 0.6) is 0 Å². The molecule has 14 heteroatoms. The number of anilines is 3. The van der Waals surface area contributed by atoms with E-state index >= 15 is 0 Å². The molecular formula is C45H49ClN8O5. The van der Waals surface area contributed by atoms with Crippen LogP contribution in [-0.2, 0) is 9.59 Å². The second-order valence-electron chi connectivity index (χ2n) is 17.2. The fourth-order valence-electron chi connectivity index (χ4n) is 10.5.